The Morgan fingerprint density at radius 1 is 1.08 bits per heavy atom. The molecule has 0 aromatic rings. The van der Waals surface area contributed by atoms with Gasteiger partial charge in [-0.2, -0.15) is 0 Å². The fraction of sp³-hybridized carbons (Fsp3) is 0.895. The first-order valence-corrected chi connectivity index (χ1v) is 9.61. The summed E-state index contributed by atoms with van der Waals surface area (Å²) >= 11 is 0. The van der Waals surface area contributed by atoms with E-state index in [0.717, 1.165) is 32.5 Å². The molecule has 1 saturated heterocycles. The van der Waals surface area contributed by atoms with E-state index in [4.69, 9.17) is 0 Å². The Balaban J connectivity index is 1.91. The van der Waals surface area contributed by atoms with Crippen LogP contribution in [0.3, 0.4) is 0 Å². The minimum Gasteiger partial charge on any atom is -0.356 e. The number of carbonyl (C=O) groups is 2. The maximum Gasteiger partial charge on any atom is 0.226 e. The normalized spacial score (nSPS) is 30.1. The van der Waals surface area contributed by atoms with Gasteiger partial charge in [-0.3, -0.25) is 9.59 Å². The number of nitrogens with zero attached hydrogens (tertiary/aromatic N) is 1. The third-order valence-electron chi connectivity index (χ3n) is 6.56. The highest BCUT2D eigenvalue weighted by molar-refractivity contribution is 5.87. The summed E-state index contributed by atoms with van der Waals surface area (Å²) in [6, 6.07) is 0. The van der Waals surface area contributed by atoms with Crippen molar-refractivity contribution in [2.24, 2.45) is 16.7 Å². The number of hydrogen-bond donors (Lipinski definition) is 2. The van der Waals surface area contributed by atoms with Crippen LogP contribution in [-0.2, 0) is 9.59 Å². The molecule has 24 heavy (non-hydrogen) atoms. The van der Waals surface area contributed by atoms with E-state index < -0.39 is 5.41 Å². The third-order valence-corrected chi connectivity index (χ3v) is 6.56. The van der Waals surface area contributed by atoms with Crippen molar-refractivity contribution in [2.45, 2.75) is 59.8 Å². The number of carbonyl (C=O) groups excluding carboxylic acids is 2. The zero-order valence-electron chi connectivity index (χ0n) is 15.9. The largest absolute Gasteiger partial charge is 0.356 e. The van der Waals surface area contributed by atoms with Gasteiger partial charge in [-0.05, 0) is 51.1 Å². The summed E-state index contributed by atoms with van der Waals surface area (Å²) in [7, 11) is 0. The van der Waals surface area contributed by atoms with E-state index in [0.29, 0.717) is 13.1 Å². The fourth-order valence-electron chi connectivity index (χ4n) is 4.37. The molecule has 1 aliphatic carbocycles. The van der Waals surface area contributed by atoms with Gasteiger partial charge < -0.3 is 15.5 Å². The SMILES string of the molecule is CCNC(=O)[C@@H]1CC[C@](C)(C(=O)NCCN2CCCCC2)C1(C)C. The number of amides is 2. The average Bonchev–Trinajstić information content (AvgIpc) is 2.79. The van der Waals surface area contributed by atoms with Gasteiger partial charge in [-0.1, -0.05) is 27.2 Å². The van der Waals surface area contributed by atoms with Gasteiger partial charge in [0, 0.05) is 25.6 Å². The van der Waals surface area contributed by atoms with Crippen LogP contribution in [0.1, 0.15) is 59.8 Å². The molecule has 0 radical (unpaired) electrons. The van der Waals surface area contributed by atoms with E-state index in [-0.39, 0.29) is 23.1 Å². The standard InChI is InChI=1S/C19H35N3O2/c1-5-20-16(23)15-9-10-19(4,18(15,2)3)17(24)21-11-14-22-12-7-6-8-13-22/h15H,5-14H2,1-4H3,(H,20,23)(H,21,24)/t15-,19+/m0/s1. The minimum atomic E-state index is -0.482. The van der Waals surface area contributed by atoms with Crippen LogP contribution >= 0.6 is 0 Å². The quantitative estimate of drug-likeness (QED) is 0.781. The van der Waals surface area contributed by atoms with Gasteiger partial charge in [0.2, 0.25) is 11.8 Å². The molecule has 0 spiro atoms. The van der Waals surface area contributed by atoms with Crippen LogP contribution < -0.4 is 10.6 Å². The first kappa shape index (κ1) is 19.2. The minimum absolute atomic E-state index is 0.0877. The molecule has 0 aromatic heterocycles. The van der Waals surface area contributed by atoms with Crippen LogP contribution in [-0.4, -0.2) is 49.4 Å². The van der Waals surface area contributed by atoms with E-state index in [1.165, 1.54) is 19.3 Å². The molecule has 138 valence electrons. The van der Waals surface area contributed by atoms with Crippen molar-refractivity contribution in [1.29, 1.82) is 0 Å². The summed E-state index contributed by atoms with van der Waals surface area (Å²) in [4.78, 5) is 27.7. The second-order valence-corrected chi connectivity index (χ2v) is 8.20. The second-order valence-electron chi connectivity index (χ2n) is 8.20. The molecule has 0 bridgehead atoms. The maximum atomic E-state index is 12.9. The third kappa shape index (κ3) is 3.76. The summed E-state index contributed by atoms with van der Waals surface area (Å²) in [5.74, 6) is 0.110. The topological polar surface area (TPSA) is 61.4 Å². The average molecular weight is 338 g/mol. The zero-order valence-corrected chi connectivity index (χ0v) is 15.9. The summed E-state index contributed by atoms with van der Waals surface area (Å²) in [6.45, 7) is 12.7. The van der Waals surface area contributed by atoms with Crippen LogP contribution in [0.5, 0.6) is 0 Å². The van der Waals surface area contributed by atoms with E-state index >= 15 is 0 Å². The molecule has 0 aromatic carbocycles. The van der Waals surface area contributed by atoms with Crippen molar-refractivity contribution in [2.75, 3.05) is 32.7 Å². The Hall–Kier alpha value is -1.10. The lowest BCUT2D eigenvalue weighted by atomic mass is 9.65. The molecule has 2 rings (SSSR count). The molecule has 2 N–H and O–H groups in total. The van der Waals surface area contributed by atoms with Gasteiger partial charge in [-0.15, -0.1) is 0 Å². The lowest BCUT2D eigenvalue weighted by Gasteiger charge is -2.40. The van der Waals surface area contributed by atoms with Crippen molar-refractivity contribution < 1.29 is 9.59 Å². The summed E-state index contributed by atoms with van der Waals surface area (Å²) in [6.07, 6.45) is 5.43. The van der Waals surface area contributed by atoms with Crippen LogP contribution in [0.25, 0.3) is 0 Å². The van der Waals surface area contributed by atoms with Gasteiger partial charge in [-0.25, -0.2) is 0 Å². The molecule has 5 nitrogen and oxygen atoms in total. The lowest BCUT2D eigenvalue weighted by Crippen LogP contribution is -2.50. The zero-order chi connectivity index (χ0) is 17.8. The number of likely N-dealkylation sites (tertiary alicyclic amines) is 1. The van der Waals surface area contributed by atoms with Crippen LogP contribution in [0.4, 0.5) is 0 Å². The molecular formula is C19H35N3O2. The number of piperidine rings is 1. The maximum absolute atomic E-state index is 12.9. The molecule has 2 atom stereocenters. The molecule has 1 aliphatic heterocycles. The predicted octanol–water partition coefficient (Wildman–Crippen LogP) is 2.17. The van der Waals surface area contributed by atoms with Crippen LogP contribution in [0, 0.1) is 16.7 Å². The lowest BCUT2D eigenvalue weighted by molar-refractivity contribution is -0.138. The van der Waals surface area contributed by atoms with Crippen molar-refractivity contribution >= 4 is 11.8 Å². The molecule has 2 amide bonds. The summed E-state index contributed by atoms with van der Waals surface area (Å²) in [5.41, 5.74) is -0.813. The van der Waals surface area contributed by atoms with Gasteiger partial charge >= 0.3 is 0 Å². The summed E-state index contributed by atoms with van der Waals surface area (Å²) < 4.78 is 0. The molecule has 2 fully saturated rings. The van der Waals surface area contributed by atoms with Crippen LogP contribution in [0.2, 0.25) is 0 Å². The van der Waals surface area contributed by atoms with Crippen molar-refractivity contribution in [1.82, 2.24) is 15.5 Å². The highest BCUT2D eigenvalue weighted by Crippen LogP contribution is 2.56. The predicted molar refractivity (Wildman–Crippen MR) is 96.6 cm³/mol. The molecule has 2 aliphatic rings. The van der Waals surface area contributed by atoms with E-state index in [1.54, 1.807) is 0 Å². The van der Waals surface area contributed by atoms with E-state index in [1.807, 2.05) is 13.8 Å². The van der Waals surface area contributed by atoms with Crippen molar-refractivity contribution in [3.63, 3.8) is 0 Å². The number of hydrogen-bond acceptors (Lipinski definition) is 3. The first-order valence-electron chi connectivity index (χ1n) is 9.61. The van der Waals surface area contributed by atoms with Gasteiger partial charge in [0.15, 0.2) is 0 Å². The molecular weight excluding hydrogens is 302 g/mol. The Labute approximate surface area is 146 Å². The van der Waals surface area contributed by atoms with E-state index in [2.05, 4.69) is 29.4 Å². The first-order chi connectivity index (χ1) is 11.3. The van der Waals surface area contributed by atoms with Gasteiger partial charge in [0.25, 0.3) is 0 Å². The number of rotatable bonds is 6. The summed E-state index contributed by atoms with van der Waals surface area (Å²) in [5, 5.41) is 6.08. The van der Waals surface area contributed by atoms with E-state index in [9.17, 15) is 9.59 Å². The Kier molecular flexibility index (Phi) is 6.29. The van der Waals surface area contributed by atoms with Gasteiger partial charge in [0.1, 0.15) is 0 Å². The fourth-order valence-corrected chi connectivity index (χ4v) is 4.37. The van der Waals surface area contributed by atoms with Crippen molar-refractivity contribution in [3.05, 3.63) is 0 Å². The second kappa shape index (κ2) is 7.85. The highest BCUT2D eigenvalue weighted by Gasteiger charge is 2.57. The monoisotopic (exact) mass is 337 g/mol. The van der Waals surface area contributed by atoms with Crippen molar-refractivity contribution in [3.8, 4) is 0 Å². The van der Waals surface area contributed by atoms with Crippen LogP contribution in [0.15, 0.2) is 0 Å². The van der Waals surface area contributed by atoms with Gasteiger partial charge in [0.05, 0.1) is 5.41 Å². The Morgan fingerprint density at radius 3 is 2.38 bits per heavy atom. The molecule has 5 heteroatoms. The number of nitrogens with one attached hydrogen (secondary N) is 2. The smallest absolute Gasteiger partial charge is 0.226 e. The Bertz CT molecular complexity index is 458. The Morgan fingerprint density at radius 2 is 1.75 bits per heavy atom. The highest BCUT2D eigenvalue weighted by atomic mass is 16.2. The molecule has 0 unspecified atom stereocenters. The molecule has 1 heterocycles. The molecule has 1 saturated carbocycles.